The zero-order chi connectivity index (χ0) is 16.9. The van der Waals surface area contributed by atoms with E-state index < -0.39 is 6.10 Å². The average Bonchev–Trinajstić information content (AvgIpc) is 2.60. The number of halogens is 1. The Bertz CT molecular complexity index is 822. The molecule has 0 aliphatic rings. The molecule has 0 spiro atoms. The van der Waals surface area contributed by atoms with Gasteiger partial charge in [0.15, 0.2) is 0 Å². The van der Waals surface area contributed by atoms with Gasteiger partial charge in [-0.15, -0.1) is 12.4 Å². The number of nitrogens with zero attached hydrogens (tertiary/aromatic N) is 1. The Morgan fingerprint density at radius 3 is 2.56 bits per heavy atom. The minimum Gasteiger partial charge on any atom is -0.490 e. The Kier molecular flexibility index (Phi) is 6.76. The Hall–Kier alpha value is -2.14. The topological polar surface area (TPSA) is 54.4 Å². The first kappa shape index (κ1) is 19.2. The maximum absolute atomic E-state index is 9.90. The van der Waals surface area contributed by atoms with Crippen LogP contribution in [0.1, 0.15) is 5.56 Å². The second kappa shape index (κ2) is 8.81. The van der Waals surface area contributed by atoms with E-state index in [1.807, 2.05) is 30.3 Å². The van der Waals surface area contributed by atoms with Crippen LogP contribution in [0.15, 0.2) is 54.6 Å². The monoisotopic (exact) mass is 358 g/mol. The molecule has 1 heterocycles. The van der Waals surface area contributed by atoms with Crippen molar-refractivity contribution >= 4 is 23.3 Å². The second-order valence-corrected chi connectivity index (χ2v) is 5.91. The molecule has 0 bridgehead atoms. The summed E-state index contributed by atoms with van der Waals surface area (Å²) in [6.45, 7) is 2.80. The molecular formula is C20H23ClN2O2. The number of aliphatic hydroxyl groups is 1. The zero-order valence-corrected chi connectivity index (χ0v) is 15.2. The smallest absolute Gasteiger partial charge is 0.131 e. The van der Waals surface area contributed by atoms with E-state index in [1.165, 1.54) is 5.56 Å². The van der Waals surface area contributed by atoms with Gasteiger partial charge in [-0.25, -0.2) is 4.98 Å². The Balaban J connectivity index is 0.00000225. The van der Waals surface area contributed by atoms with Crippen LogP contribution in [0.25, 0.3) is 22.2 Å². The van der Waals surface area contributed by atoms with Crippen LogP contribution in [0.5, 0.6) is 5.75 Å². The molecule has 3 aromatic rings. The standard InChI is InChI=1S/C20H22N2O2.ClH/c1-14-7-9-15(10-8-14)19-11-20(24-13-16(23)12-21-2)17-5-3-4-6-18(17)22-19;/h3-11,16,21,23H,12-13H2,1-2H3;1H. The number of pyridine rings is 1. The molecule has 0 saturated carbocycles. The van der Waals surface area contributed by atoms with Gasteiger partial charge in [0.1, 0.15) is 18.5 Å². The van der Waals surface area contributed by atoms with E-state index in [-0.39, 0.29) is 19.0 Å². The van der Waals surface area contributed by atoms with Crippen molar-refractivity contribution in [1.82, 2.24) is 10.3 Å². The lowest BCUT2D eigenvalue weighted by Gasteiger charge is -2.14. The highest BCUT2D eigenvalue weighted by Crippen LogP contribution is 2.30. The molecule has 1 aromatic heterocycles. The maximum atomic E-state index is 9.90. The molecule has 0 aliphatic heterocycles. The van der Waals surface area contributed by atoms with Crippen LogP contribution in [0, 0.1) is 6.92 Å². The van der Waals surface area contributed by atoms with Gasteiger partial charge >= 0.3 is 0 Å². The summed E-state index contributed by atoms with van der Waals surface area (Å²) in [4.78, 5) is 4.74. The number of para-hydroxylation sites is 1. The highest BCUT2D eigenvalue weighted by molar-refractivity contribution is 5.87. The Labute approximate surface area is 154 Å². The fourth-order valence-electron chi connectivity index (χ4n) is 2.62. The number of aryl methyl sites for hydroxylation is 1. The zero-order valence-electron chi connectivity index (χ0n) is 14.4. The van der Waals surface area contributed by atoms with Crippen LogP contribution in [-0.4, -0.2) is 36.4 Å². The van der Waals surface area contributed by atoms with Crippen molar-refractivity contribution in [3.8, 4) is 17.0 Å². The third-order valence-corrected chi connectivity index (χ3v) is 3.90. The van der Waals surface area contributed by atoms with E-state index in [2.05, 4.69) is 36.5 Å². The first-order valence-electron chi connectivity index (χ1n) is 8.09. The lowest BCUT2D eigenvalue weighted by Crippen LogP contribution is -2.29. The first-order chi connectivity index (χ1) is 11.7. The van der Waals surface area contributed by atoms with Crippen LogP contribution in [0.4, 0.5) is 0 Å². The van der Waals surface area contributed by atoms with Crippen molar-refractivity contribution in [3.05, 3.63) is 60.2 Å². The Morgan fingerprint density at radius 2 is 1.84 bits per heavy atom. The summed E-state index contributed by atoms with van der Waals surface area (Å²) in [5, 5.41) is 13.8. The largest absolute Gasteiger partial charge is 0.490 e. The molecule has 2 N–H and O–H groups in total. The summed E-state index contributed by atoms with van der Waals surface area (Å²) < 4.78 is 5.89. The summed E-state index contributed by atoms with van der Waals surface area (Å²) in [5.74, 6) is 0.742. The van der Waals surface area contributed by atoms with E-state index in [1.54, 1.807) is 7.05 Å². The molecule has 3 rings (SSSR count). The van der Waals surface area contributed by atoms with E-state index in [0.717, 1.165) is 27.9 Å². The van der Waals surface area contributed by atoms with Crippen LogP contribution in [0.3, 0.4) is 0 Å². The van der Waals surface area contributed by atoms with Crippen LogP contribution < -0.4 is 10.1 Å². The molecular weight excluding hydrogens is 336 g/mol. The number of rotatable bonds is 6. The number of aliphatic hydroxyl groups excluding tert-OH is 1. The fraction of sp³-hybridized carbons (Fsp3) is 0.250. The highest BCUT2D eigenvalue weighted by Gasteiger charge is 2.10. The number of likely N-dealkylation sites (N-methyl/N-ethyl adjacent to an activating group) is 1. The lowest BCUT2D eigenvalue weighted by atomic mass is 10.1. The summed E-state index contributed by atoms with van der Waals surface area (Å²) >= 11 is 0. The molecule has 0 saturated heterocycles. The van der Waals surface area contributed by atoms with Crippen LogP contribution in [0.2, 0.25) is 0 Å². The molecule has 0 fully saturated rings. The molecule has 0 aliphatic carbocycles. The van der Waals surface area contributed by atoms with Gasteiger partial charge in [-0.1, -0.05) is 42.0 Å². The van der Waals surface area contributed by atoms with Gasteiger partial charge in [0.25, 0.3) is 0 Å². The molecule has 132 valence electrons. The molecule has 2 aromatic carbocycles. The summed E-state index contributed by atoms with van der Waals surface area (Å²) in [6, 6.07) is 18.1. The van der Waals surface area contributed by atoms with Crippen molar-refractivity contribution in [3.63, 3.8) is 0 Å². The van der Waals surface area contributed by atoms with Gasteiger partial charge in [-0.2, -0.15) is 0 Å². The van der Waals surface area contributed by atoms with Crippen molar-refractivity contribution in [2.75, 3.05) is 20.2 Å². The number of nitrogens with one attached hydrogen (secondary N) is 1. The van der Waals surface area contributed by atoms with Crippen molar-refractivity contribution in [2.24, 2.45) is 0 Å². The van der Waals surface area contributed by atoms with Gasteiger partial charge in [0.05, 0.1) is 11.2 Å². The molecule has 4 nitrogen and oxygen atoms in total. The van der Waals surface area contributed by atoms with Crippen LogP contribution >= 0.6 is 12.4 Å². The van der Waals surface area contributed by atoms with E-state index in [0.29, 0.717) is 6.54 Å². The molecule has 25 heavy (non-hydrogen) atoms. The number of benzene rings is 2. The van der Waals surface area contributed by atoms with E-state index in [9.17, 15) is 5.11 Å². The SMILES string of the molecule is CNCC(O)COc1cc(-c2ccc(C)cc2)nc2ccccc12.Cl. The van der Waals surface area contributed by atoms with Gasteiger partial charge in [0, 0.05) is 23.6 Å². The van der Waals surface area contributed by atoms with Crippen LogP contribution in [-0.2, 0) is 0 Å². The number of ether oxygens (including phenoxy) is 1. The molecule has 0 amide bonds. The average molecular weight is 359 g/mol. The molecule has 5 heteroatoms. The van der Waals surface area contributed by atoms with Gasteiger partial charge in [0.2, 0.25) is 0 Å². The van der Waals surface area contributed by atoms with Gasteiger partial charge < -0.3 is 15.2 Å². The minimum atomic E-state index is -0.551. The number of hydrogen-bond acceptors (Lipinski definition) is 4. The molecule has 1 atom stereocenters. The minimum absolute atomic E-state index is 0. The van der Waals surface area contributed by atoms with E-state index >= 15 is 0 Å². The predicted octanol–water partition coefficient (Wildman–Crippen LogP) is 3.59. The maximum Gasteiger partial charge on any atom is 0.131 e. The number of hydrogen-bond donors (Lipinski definition) is 2. The molecule has 0 radical (unpaired) electrons. The number of fused-ring (bicyclic) bond motifs is 1. The number of aromatic nitrogens is 1. The lowest BCUT2D eigenvalue weighted by molar-refractivity contribution is 0.109. The normalized spacial score (nSPS) is 11.8. The summed E-state index contributed by atoms with van der Waals surface area (Å²) in [5.41, 5.74) is 4.01. The quantitative estimate of drug-likeness (QED) is 0.707. The van der Waals surface area contributed by atoms with Crippen molar-refractivity contribution < 1.29 is 9.84 Å². The second-order valence-electron chi connectivity index (χ2n) is 5.91. The third kappa shape index (κ3) is 4.69. The molecule has 1 unspecified atom stereocenters. The summed E-state index contributed by atoms with van der Waals surface area (Å²) in [6.07, 6.45) is -0.551. The first-order valence-corrected chi connectivity index (χ1v) is 8.09. The fourth-order valence-corrected chi connectivity index (χ4v) is 2.62. The van der Waals surface area contributed by atoms with Crippen molar-refractivity contribution in [2.45, 2.75) is 13.0 Å². The summed E-state index contributed by atoms with van der Waals surface area (Å²) in [7, 11) is 1.81. The highest BCUT2D eigenvalue weighted by atomic mass is 35.5. The van der Waals surface area contributed by atoms with E-state index in [4.69, 9.17) is 9.72 Å². The Morgan fingerprint density at radius 1 is 1.12 bits per heavy atom. The van der Waals surface area contributed by atoms with Gasteiger partial charge in [-0.05, 0) is 26.1 Å². The van der Waals surface area contributed by atoms with Gasteiger partial charge in [-0.3, -0.25) is 0 Å². The third-order valence-electron chi connectivity index (χ3n) is 3.90. The van der Waals surface area contributed by atoms with Crippen molar-refractivity contribution in [1.29, 1.82) is 0 Å². The predicted molar refractivity (Wildman–Crippen MR) is 105 cm³/mol.